The van der Waals surface area contributed by atoms with E-state index in [0.717, 1.165) is 16.9 Å². The maximum absolute atomic E-state index is 10.8. The van der Waals surface area contributed by atoms with E-state index in [0.29, 0.717) is 0 Å². The molecule has 0 saturated heterocycles. The van der Waals surface area contributed by atoms with Crippen LogP contribution >= 0.6 is 0 Å². The number of anilines is 1. The van der Waals surface area contributed by atoms with Crippen molar-refractivity contribution in [1.82, 2.24) is 4.57 Å². The molecule has 10 heteroatoms. The first-order chi connectivity index (χ1) is 10.8. The predicted octanol–water partition coefficient (Wildman–Crippen LogP) is 1.45. The van der Waals surface area contributed by atoms with Crippen molar-refractivity contribution in [3.63, 3.8) is 0 Å². The highest BCUT2D eigenvalue weighted by atomic mass is 16.6. The van der Waals surface area contributed by atoms with Gasteiger partial charge in [0.1, 0.15) is 12.0 Å². The van der Waals surface area contributed by atoms with Crippen LogP contribution in [0.25, 0.3) is 5.69 Å². The molecule has 5 N–H and O–H groups in total. The lowest BCUT2D eigenvalue weighted by molar-refractivity contribution is -0.383. The highest BCUT2D eigenvalue weighted by Crippen LogP contribution is 2.47. The Morgan fingerprint density at radius 2 is 1.65 bits per heavy atom. The van der Waals surface area contributed by atoms with Crippen LogP contribution in [0.15, 0.2) is 18.2 Å². The van der Waals surface area contributed by atoms with E-state index in [4.69, 9.17) is 4.79 Å². The summed E-state index contributed by atoms with van der Waals surface area (Å²) < 4.78 is 0.745. The zero-order chi connectivity index (χ0) is 17.7. The average Bonchev–Trinajstić information content (AvgIpc) is 2.71. The van der Waals surface area contributed by atoms with Crippen LogP contribution in [0.3, 0.4) is 0 Å². The Labute approximate surface area is 130 Å². The number of hydrogen-bond acceptors (Lipinski definition) is 8. The zero-order valence-corrected chi connectivity index (χ0v) is 12.2. The summed E-state index contributed by atoms with van der Waals surface area (Å²) in [5, 5.41) is 51.3. The minimum absolute atomic E-state index is 0.116. The molecule has 124 valence electrons. The van der Waals surface area contributed by atoms with Crippen molar-refractivity contribution in [2.75, 3.05) is 12.4 Å². The molecule has 0 saturated carbocycles. The number of nitrogens with one attached hydrogen (secondary N) is 1. The number of aldehydes is 1. The van der Waals surface area contributed by atoms with Crippen molar-refractivity contribution >= 4 is 17.7 Å². The summed E-state index contributed by atoms with van der Waals surface area (Å²) in [4.78, 5) is 19.0. The second-order valence-corrected chi connectivity index (χ2v) is 4.12. The molecule has 0 atom stereocenters. The smallest absolute Gasteiger partial charge is 0.292 e. The maximum atomic E-state index is 10.8. The Hall–Kier alpha value is -3.43. The quantitative estimate of drug-likeness (QED) is 0.322. The van der Waals surface area contributed by atoms with Gasteiger partial charge in [-0.05, 0) is 19.1 Å². The standard InChI is InChI=1S/C11H11N3O6.C2H4O/c1-12-6-4-5(2-3-7(6)14(19)20)13-10(17)8(15)9(16)11(13)18;1-2-3/h2-4,12,15-18H,1H3;2H,1H3. The minimum atomic E-state index is -0.883. The summed E-state index contributed by atoms with van der Waals surface area (Å²) in [6.45, 7) is 1.44. The van der Waals surface area contributed by atoms with Crippen molar-refractivity contribution in [3.8, 4) is 28.9 Å². The molecule has 2 aromatic rings. The van der Waals surface area contributed by atoms with Gasteiger partial charge in [0.25, 0.3) is 5.69 Å². The van der Waals surface area contributed by atoms with Gasteiger partial charge in [0.2, 0.25) is 23.3 Å². The van der Waals surface area contributed by atoms with Crippen LogP contribution in [0.4, 0.5) is 11.4 Å². The lowest BCUT2D eigenvalue weighted by Gasteiger charge is -2.09. The summed E-state index contributed by atoms with van der Waals surface area (Å²) in [5.74, 6) is -3.33. The minimum Gasteiger partial charge on any atom is -0.500 e. The molecule has 2 rings (SSSR count). The van der Waals surface area contributed by atoms with Crippen LogP contribution in [0.1, 0.15) is 6.92 Å². The fourth-order valence-corrected chi connectivity index (χ4v) is 1.79. The molecule has 23 heavy (non-hydrogen) atoms. The van der Waals surface area contributed by atoms with Gasteiger partial charge in [0, 0.05) is 13.1 Å². The maximum Gasteiger partial charge on any atom is 0.292 e. The molecule has 0 unspecified atom stereocenters. The van der Waals surface area contributed by atoms with Crippen LogP contribution in [0.5, 0.6) is 23.3 Å². The molecule has 1 aromatic heterocycles. The van der Waals surface area contributed by atoms with Crippen LogP contribution in [0, 0.1) is 10.1 Å². The fourth-order valence-electron chi connectivity index (χ4n) is 1.79. The van der Waals surface area contributed by atoms with E-state index in [1.165, 1.54) is 26.1 Å². The van der Waals surface area contributed by atoms with Crippen molar-refractivity contribution in [2.45, 2.75) is 6.92 Å². The summed E-state index contributed by atoms with van der Waals surface area (Å²) in [6.07, 6.45) is 0.750. The van der Waals surface area contributed by atoms with Crippen LogP contribution < -0.4 is 5.32 Å². The lowest BCUT2D eigenvalue weighted by Crippen LogP contribution is -1.99. The summed E-state index contributed by atoms with van der Waals surface area (Å²) >= 11 is 0. The molecule has 1 aromatic carbocycles. The predicted molar refractivity (Wildman–Crippen MR) is 80.4 cm³/mol. The topological polar surface area (TPSA) is 158 Å². The van der Waals surface area contributed by atoms with Crippen LogP contribution in [-0.4, -0.2) is 43.3 Å². The summed E-state index contributed by atoms with van der Waals surface area (Å²) in [7, 11) is 1.47. The number of hydrogen-bond donors (Lipinski definition) is 5. The summed E-state index contributed by atoms with van der Waals surface area (Å²) in [5.41, 5.74) is 0.0559. The highest BCUT2D eigenvalue weighted by molar-refractivity contribution is 5.68. The Kier molecular flexibility index (Phi) is 5.38. The van der Waals surface area contributed by atoms with E-state index in [2.05, 4.69) is 5.32 Å². The number of nitro benzene ring substituents is 1. The van der Waals surface area contributed by atoms with Crippen LogP contribution in [0.2, 0.25) is 0 Å². The monoisotopic (exact) mass is 325 g/mol. The van der Waals surface area contributed by atoms with Crippen molar-refractivity contribution in [3.05, 3.63) is 28.3 Å². The second kappa shape index (κ2) is 7.02. The Balaban J connectivity index is 0.000000816. The molecular weight excluding hydrogens is 310 g/mol. The van der Waals surface area contributed by atoms with Gasteiger partial charge in [0.05, 0.1) is 10.6 Å². The largest absolute Gasteiger partial charge is 0.500 e. The van der Waals surface area contributed by atoms with Gasteiger partial charge >= 0.3 is 0 Å². The molecule has 0 radical (unpaired) electrons. The molecule has 0 spiro atoms. The van der Waals surface area contributed by atoms with Gasteiger partial charge in [-0.2, -0.15) is 0 Å². The number of aromatic hydroxyl groups is 4. The molecule has 0 aliphatic carbocycles. The van der Waals surface area contributed by atoms with Crippen molar-refractivity contribution in [2.24, 2.45) is 0 Å². The number of rotatable bonds is 3. The number of carbonyl (C=O) groups is 1. The molecule has 0 fully saturated rings. The number of aromatic nitrogens is 1. The van der Waals surface area contributed by atoms with Crippen LogP contribution in [-0.2, 0) is 4.79 Å². The molecule has 0 aliphatic heterocycles. The van der Waals surface area contributed by atoms with E-state index in [-0.39, 0.29) is 17.1 Å². The van der Waals surface area contributed by atoms with E-state index < -0.39 is 28.2 Å². The van der Waals surface area contributed by atoms with Gasteiger partial charge in [-0.15, -0.1) is 0 Å². The van der Waals surface area contributed by atoms with E-state index in [1.807, 2.05) is 0 Å². The Morgan fingerprint density at radius 1 is 1.17 bits per heavy atom. The first-order valence-electron chi connectivity index (χ1n) is 6.21. The number of nitrogens with zero attached hydrogens (tertiary/aromatic N) is 2. The second-order valence-electron chi connectivity index (χ2n) is 4.12. The number of benzene rings is 1. The average molecular weight is 325 g/mol. The third-order valence-electron chi connectivity index (χ3n) is 2.78. The zero-order valence-electron chi connectivity index (χ0n) is 12.2. The van der Waals surface area contributed by atoms with E-state index in [1.54, 1.807) is 0 Å². The van der Waals surface area contributed by atoms with E-state index in [9.17, 15) is 30.5 Å². The van der Waals surface area contributed by atoms with Gasteiger partial charge in [-0.1, -0.05) is 0 Å². The third kappa shape index (κ3) is 3.26. The molecule has 0 bridgehead atoms. The Morgan fingerprint density at radius 3 is 2.04 bits per heavy atom. The number of carbonyl (C=O) groups excluding carboxylic acids is 1. The van der Waals surface area contributed by atoms with E-state index >= 15 is 0 Å². The molecule has 1 heterocycles. The first kappa shape index (κ1) is 17.6. The van der Waals surface area contributed by atoms with Gasteiger partial charge < -0.3 is 30.5 Å². The van der Waals surface area contributed by atoms with Crippen molar-refractivity contribution < 1.29 is 30.1 Å². The fraction of sp³-hybridized carbons (Fsp3) is 0.154. The first-order valence-corrected chi connectivity index (χ1v) is 6.21. The lowest BCUT2D eigenvalue weighted by atomic mass is 10.2. The normalized spacial score (nSPS) is 9.65. The molecular formula is C13H15N3O7. The highest BCUT2D eigenvalue weighted by Gasteiger charge is 2.24. The molecule has 0 amide bonds. The Bertz CT molecular complexity index is 714. The molecule has 10 nitrogen and oxygen atoms in total. The third-order valence-corrected chi connectivity index (χ3v) is 2.78. The number of nitro groups is 1. The van der Waals surface area contributed by atoms with Gasteiger partial charge in [-0.3, -0.25) is 10.1 Å². The molecule has 0 aliphatic rings. The van der Waals surface area contributed by atoms with Gasteiger partial charge in [0.15, 0.2) is 0 Å². The van der Waals surface area contributed by atoms with Gasteiger partial charge in [-0.25, -0.2) is 4.57 Å². The summed E-state index contributed by atoms with van der Waals surface area (Å²) in [6, 6.07) is 3.68. The SMILES string of the molecule is CC=O.CNc1cc(-n2c(O)c(O)c(O)c2O)ccc1[N+](=O)[O-]. The van der Waals surface area contributed by atoms with Crippen molar-refractivity contribution in [1.29, 1.82) is 0 Å².